The first-order valence-electron chi connectivity index (χ1n) is 6.61. The van der Waals surface area contributed by atoms with Crippen molar-refractivity contribution in [1.29, 1.82) is 0 Å². The molecule has 2 atom stereocenters. The molecule has 1 saturated heterocycles. The van der Waals surface area contributed by atoms with Crippen LogP contribution in [-0.4, -0.2) is 28.0 Å². The molecule has 0 bridgehead atoms. The second-order valence-corrected chi connectivity index (χ2v) is 6.06. The van der Waals surface area contributed by atoms with E-state index in [9.17, 15) is 0 Å². The zero-order valence-electron chi connectivity index (χ0n) is 10.3. The van der Waals surface area contributed by atoms with Gasteiger partial charge in [-0.05, 0) is 39.0 Å². The molecule has 3 rings (SSSR count). The van der Waals surface area contributed by atoms with Gasteiger partial charge in [-0.3, -0.25) is 0 Å². The summed E-state index contributed by atoms with van der Waals surface area (Å²) >= 11 is 1.55. The third kappa shape index (κ3) is 2.31. The Bertz CT molecular complexity index is 386. The first-order valence-corrected chi connectivity index (χ1v) is 7.39. The number of rotatable bonds is 3. The summed E-state index contributed by atoms with van der Waals surface area (Å²) in [5.74, 6) is 1.72. The molecule has 0 spiro atoms. The molecule has 2 N–H and O–H groups in total. The Morgan fingerprint density at radius 3 is 2.88 bits per heavy atom. The normalized spacial score (nSPS) is 27.2. The maximum atomic E-state index is 6.09. The monoisotopic (exact) mass is 252 g/mol. The summed E-state index contributed by atoms with van der Waals surface area (Å²) in [5.41, 5.74) is 6.09. The first kappa shape index (κ1) is 11.4. The molecule has 1 saturated carbocycles. The molecule has 94 valence electrons. The van der Waals surface area contributed by atoms with Gasteiger partial charge in [0.1, 0.15) is 5.82 Å². The van der Waals surface area contributed by atoms with Gasteiger partial charge in [-0.1, -0.05) is 0 Å². The summed E-state index contributed by atoms with van der Waals surface area (Å²) in [6.07, 6.45) is 6.27. The smallest absolute Gasteiger partial charge is 0.205 e. The predicted octanol–water partition coefficient (Wildman–Crippen LogP) is 2.12. The van der Waals surface area contributed by atoms with Crippen molar-refractivity contribution in [2.45, 2.75) is 57.0 Å². The number of anilines is 1. The van der Waals surface area contributed by atoms with Gasteiger partial charge >= 0.3 is 0 Å². The number of hydrogen-bond acceptors (Lipinski definition) is 5. The number of hydrogen-bond donors (Lipinski definition) is 1. The Hall–Kier alpha value is -0.680. The van der Waals surface area contributed by atoms with E-state index in [4.69, 9.17) is 10.7 Å². The Kier molecular flexibility index (Phi) is 3.04. The van der Waals surface area contributed by atoms with Gasteiger partial charge in [-0.25, -0.2) is 4.98 Å². The molecule has 0 aromatic carbocycles. The van der Waals surface area contributed by atoms with E-state index in [2.05, 4.69) is 16.2 Å². The van der Waals surface area contributed by atoms with Crippen molar-refractivity contribution in [2.75, 3.05) is 11.4 Å². The molecule has 1 aromatic heterocycles. The molecule has 4 nitrogen and oxygen atoms in total. The highest BCUT2D eigenvalue weighted by Gasteiger charge is 2.31. The van der Waals surface area contributed by atoms with E-state index >= 15 is 0 Å². The van der Waals surface area contributed by atoms with Crippen LogP contribution in [-0.2, 0) is 0 Å². The van der Waals surface area contributed by atoms with E-state index < -0.39 is 0 Å². The second-order valence-electron chi connectivity index (χ2n) is 5.33. The van der Waals surface area contributed by atoms with Crippen LogP contribution in [0.15, 0.2) is 0 Å². The van der Waals surface area contributed by atoms with Gasteiger partial charge in [0.25, 0.3) is 0 Å². The summed E-state index contributed by atoms with van der Waals surface area (Å²) in [5, 5.41) is 1.09. The Labute approximate surface area is 106 Å². The average Bonchev–Trinajstić information content (AvgIpc) is 3.07. The van der Waals surface area contributed by atoms with Crippen molar-refractivity contribution >= 4 is 16.7 Å². The highest BCUT2D eigenvalue weighted by molar-refractivity contribution is 7.09. The van der Waals surface area contributed by atoms with Gasteiger partial charge < -0.3 is 10.6 Å². The molecule has 1 aromatic rings. The lowest BCUT2D eigenvalue weighted by molar-refractivity contribution is 0.413. The van der Waals surface area contributed by atoms with Crippen molar-refractivity contribution < 1.29 is 0 Å². The summed E-state index contributed by atoms with van der Waals surface area (Å²) in [6.45, 7) is 3.19. The Morgan fingerprint density at radius 1 is 1.35 bits per heavy atom. The zero-order valence-corrected chi connectivity index (χ0v) is 11.1. The number of piperidine rings is 1. The van der Waals surface area contributed by atoms with E-state index in [1.165, 1.54) is 32.1 Å². The van der Waals surface area contributed by atoms with Crippen molar-refractivity contribution in [3.63, 3.8) is 0 Å². The molecule has 17 heavy (non-hydrogen) atoms. The minimum atomic E-state index is 0.212. The average molecular weight is 252 g/mol. The van der Waals surface area contributed by atoms with Crippen LogP contribution in [0, 0.1) is 0 Å². The van der Waals surface area contributed by atoms with Crippen LogP contribution in [0.25, 0.3) is 0 Å². The van der Waals surface area contributed by atoms with Crippen LogP contribution in [0.2, 0.25) is 0 Å². The molecule has 2 unspecified atom stereocenters. The van der Waals surface area contributed by atoms with Gasteiger partial charge in [0.2, 0.25) is 5.13 Å². The lowest BCUT2D eigenvalue weighted by atomic mass is 9.98. The van der Waals surface area contributed by atoms with Crippen LogP contribution in [0.5, 0.6) is 0 Å². The van der Waals surface area contributed by atoms with Gasteiger partial charge in [0.15, 0.2) is 0 Å². The minimum absolute atomic E-state index is 0.212. The van der Waals surface area contributed by atoms with Crippen molar-refractivity contribution in [2.24, 2.45) is 5.73 Å². The highest BCUT2D eigenvalue weighted by Crippen LogP contribution is 2.40. The predicted molar refractivity (Wildman–Crippen MR) is 70.5 cm³/mol. The molecule has 5 heteroatoms. The third-order valence-electron chi connectivity index (χ3n) is 3.78. The molecule has 1 aliphatic heterocycles. The van der Waals surface area contributed by atoms with E-state index in [0.717, 1.165) is 17.5 Å². The molecular formula is C12H20N4S. The largest absolute Gasteiger partial charge is 0.342 e. The third-order valence-corrected chi connectivity index (χ3v) is 4.54. The molecule has 2 fully saturated rings. The van der Waals surface area contributed by atoms with Gasteiger partial charge in [-0.2, -0.15) is 4.37 Å². The van der Waals surface area contributed by atoms with Gasteiger partial charge in [-0.15, -0.1) is 0 Å². The standard InChI is InChI=1S/C12H20N4S/c1-8(13)10-4-2-3-7-16(10)12-14-11(15-17-12)9-5-6-9/h8-10H,2-7,13H2,1H3. The fourth-order valence-electron chi connectivity index (χ4n) is 2.59. The number of nitrogens with two attached hydrogens (primary N) is 1. The van der Waals surface area contributed by atoms with E-state index in [1.54, 1.807) is 11.5 Å². The Morgan fingerprint density at radius 2 is 2.18 bits per heavy atom. The SMILES string of the molecule is CC(N)C1CCCCN1c1nc(C2CC2)ns1. The van der Waals surface area contributed by atoms with E-state index in [0.29, 0.717) is 12.0 Å². The first-order chi connectivity index (χ1) is 8.25. The van der Waals surface area contributed by atoms with Crippen molar-refractivity contribution in [3.8, 4) is 0 Å². The molecule has 0 amide bonds. The number of nitrogens with zero attached hydrogens (tertiary/aromatic N) is 3. The van der Waals surface area contributed by atoms with Crippen molar-refractivity contribution in [3.05, 3.63) is 5.82 Å². The summed E-state index contributed by atoms with van der Waals surface area (Å²) < 4.78 is 4.50. The summed E-state index contributed by atoms with van der Waals surface area (Å²) in [4.78, 5) is 7.09. The topological polar surface area (TPSA) is 55.0 Å². The summed E-state index contributed by atoms with van der Waals surface area (Å²) in [7, 11) is 0. The van der Waals surface area contributed by atoms with Gasteiger partial charge in [0.05, 0.1) is 0 Å². The van der Waals surface area contributed by atoms with E-state index in [1.807, 2.05) is 0 Å². The molecular weight excluding hydrogens is 232 g/mol. The lowest BCUT2D eigenvalue weighted by Crippen LogP contribution is -2.49. The molecule has 0 radical (unpaired) electrons. The van der Waals surface area contributed by atoms with Crippen molar-refractivity contribution in [1.82, 2.24) is 9.36 Å². The molecule has 2 heterocycles. The highest BCUT2D eigenvalue weighted by atomic mass is 32.1. The van der Waals surface area contributed by atoms with Crippen LogP contribution < -0.4 is 10.6 Å². The zero-order chi connectivity index (χ0) is 11.8. The minimum Gasteiger partial charge on any atom is -0.342 e. The van der Waals surface area contributed by atoms with E-state index in [-0.39, 0.29) is 6.04 Å². The van der Waals surface area contributed by atoms with Crippen LogP contribution >= 0.6 is 11.5 Å². The second kappa shape index (κ2) is 4.53. The van der Waals surface area contributed by atoms with Crippen LogP contribution in [0.4, 0.5) is 5.13 Å². The Balaban J connectivity index is 1.79. The van der Waals surface area contributed by atoms with Gasteiger partial charge in [0, 0.05) is 36.1 Å². The maximum Gasteiger partial charge on any atom is 0.205 e. The van der Waals surface area contributed by atoms with Crippen LogP contribution in [0.1, 0.15) is 50.8 Å². The van der Waals surface area contributed by atoms with Crippen LogP contribution in [0.3, 0.4) is 0 Å². The fourth-order valence-corrected chi connectivity index (χ4v) is 3.42. The fraction of sp³-hybridized carbons (Fsp3) is 0.833. The molecule has 2 aliphatic rings. The quantitative estimate of drug-likeness (QED) is 0.895. The lowest BCUT2D eigenvalue weighted by Gasteiger charge is -2.37. The number of aromatic nitrogens is 2. The summed E-state index contributed by atoms with van der Waals surface area (Å²) in [6, 6.07) is 0.660. The maximum absolute atomic E-state index is 6.09. The molecule has 1 aliphatic carbocycles.